The highest BCUT2D eigenvalue weighted by molar-refractivity contribution is 9.10. The van der Waals surface area contributed by atoms with E-state index in [1.54, 1.807) is 0 Å². The van der Waals surface area contributed by atoms with Crippen LogP contribution in [0.2, 0.25) is 0 Å². The van der Waals surface area contributed by atoms with E-state index < -0.39 is 0 Å². The van der Waals surface area contributed by atoms with Crippen LogP contribution < -0.4 is 0 Å². The van der Waals surface area contributed by atoms with Crippen molar-refractivity contribution < 1.29 is 0 Å². The average Bonchev–Trinajstić information content (AvgIpc) is 2.47. The zero-order valence-electron chi connectivity index (χ0n) is 12.1. The third-order valence-electron chi connectivity index (χ3n) is 3.74. The zero-order chi connectivity index (χ0) is 14.7. The minimum Gasteiger partial charge on any atom is -0.275 e. The Bertz CT molecular complexity index is 668. The number of hydrogen-bond donors (Lipinski definition) is 0. The van der Waals surface area contributed by atoms with Crippen molar-refractivity contribution in [2.45, 2.75) is 24.6 Å². The average molecular weight is 360 g/mol. The van der Waals surface area contributed by atoms with Crippen LogP contribution in [0.15, 0.2) is 58.0 Å². The van der Waals surface area contributed by atoms with Gasteiger partial charge in [0.2, 0.25) is 0 Å². The quantitative estimate of drug-likeness (QED) is 0.738. The van der Waals surface area contributed by atoms with Crippen molar-refractivity contribution in [3.05, 3.63) is 69.7 Å². The molecule has 3 heteroatoms. The second-order valence-corrected chi connectivity index (χ2v) is 8.03. The van der Waals surface area contributed by atoms with Gasteiger partial charge < -0.3 is 0 Å². The van der Waals surface area contributed by atoms with Crippen molar-refractivity contribution in [1.29, 1.82) is 0 Å². The highest BCUT2D eigenvalue weighted by Gasteiger charge is 2.27. The molecule has 1 atom stereocenters. The predicted octanol–water partition coefficient (Wildman–Crippen LogP) is 5.12. The van der Waals surface area contributed by atoms with Crippen LogP contribution in [0.5, 0.6) is 0 Å². The maximum Gasteiger partial charge on any atom is 0.107 e. The number of halogens is 1. The van der Waals surface area contributed by atoms with Gasteiger partial charge >= 0.3 is 0 Å². The van der Waals surface area contributed by atoms with E-state index in [4.69, 9.17) is 4.99 Å². The van der Waals surface area contributed by atoms with Gasteiger partial charge in [-0.1, -0.05) is 52.3 Å². The molecule has 1 aliphatic heterocycles. The van der Waals surface area contributed by atoms with Crippen LogP contribution in [0.4, 0.5) is 0 Å². The van der Waals surface area contributed by atoms with Gasteiger partial charge in [0.15, 0.2) is 0 Å². The Labute approximate surface area is 139 Å². The fraction of sp³-hybridized carbons (Fsp3) is 0.278. The molecule has 0 radical (unpaired) electrons. The van der Waals surface area contributed by atoms with Crippen molar-refractivity contribution in [2.24, 2.45) is 4.99 Å². The molecule has 1 heterocycles. The number of rotatable bonds is 4. The number of nitrogens with zero attached hydrogens (tertiary/aromatic N) is 1. The number of aryl methyl sites for hydroxylation is 1. The topological polar surface area (TPSA) is 12.4 Å². The molecule has 108 valence electrons. The van der Waals surface area contributed by atoms with E-state index >= 15 is 0 Å². The maximum atomic E-state index is 4.78. The monoisotopic (exact) mass is 359 g/mol. The lowest BCUT2D eigenvalue weighted by atomic mass is 9.99. The van der Waals surface area contributed by atoms with E-state index in [-0.39, 0.29) is 4.87 Å². The molecule has 0 spiro atoms. The number of thioether (sulfide) groups is 1. The van der Waals surface area contributed by atoms with Crippen LogP contribution in [0, 0.1) is 0 Å². The molecule has 0 saturated carbocycles. The summed E-state index contributed by atoms with van der Waals surface area (Å²) in [6, 6.07) is 17.1. The van der Waals surface area contributed by atoms with E-state index in [0.29, 0.717) is 0 Å². The molecule has 1 nitrogen and oxygen atoms in total. The van der Waals surface area contributed by atoms with Gasteiger partial charge in [0.25, 0.3) is 0 Å². The van der Waals surface area contributed by atoms with Crippen LogP contribution in [0.25, 0.3) is 0 Å². The van der Waals surface area contributed by atoms with Crippen molar-refractivity contribution in [3.63, 3.8) is 0 Å². The Morgan fingerprint density at radius 2 is 2.05 bits per heavy atom. The molecule has 2 aromatic rings. The van der Waals surface area contributed by atoms with Gasteiger partial charge in [-0.2, -0.15) is 0 Å². The molecular formula is C18H18BrNS. The lowest BCUT2D eigenvalue weighted by molar-refractivity contribution is 0.668. The second kappa shape index (κ2) is 6.37. The Balaban J connectivity index is 1.61. The molecule has 0 aromatic heterocycles. The SMILES string of the molecule is CC1(SCCc2cccc(Br)c2)Cc2ccccc2C=N1. The molecule has 0 aliphatic carbocycles. The third-order valence-corrected chi connectivity index (χ3v) is 5.52. The van der Waals surface area contributed by atoms with Crippen molar-refractivity contribution >= 4 is 33.9 Å². The van der Waals surface area contributed by atoms with Crippen LogP contribution in [-0.4, -0.2) is 16.8 Å². The van der Waals surface area contributed by atoms with Gasteiger partial charge in [-0.3, -0.25) is 4.99 Å². The van der Waals surface area contributed by atoms with Crippen LogP contribution >= 0.6 is 27.7 Å². The largest absolute Gasteiger partial charge is 0.275 e. The molecule has 3 rings (SSSR count). The molecular weight excluding hydrogens is 342 g/mol. The van der Waals surface area contributed by atoms with Gasteiger partial charge in [0, 0.05) is 17.1 Å². The van der Waals surface area contributed by atoms with E-state index in [0.717, 1.165) is 23.1 Å². The highest BCUT2D eigenvalue weighted by atomic mass is 79.9. The van der Waals surface area contributed by atoms with Gasteiger partial charge in [0.1, 0.15) is 4.87 Å². The lowest BCUT2D eigenvalue weighted by Crippen LogP contribution is -2.26. The summed E-state index contributed by atoms with van der Waals surface area (Å²) < 4.78 is 1.15. The first kappa shape index (κ1) is 14.9. The minimum absolute atomic E-state index is 0.0274. The summed E-state index contributed by atoms with van der Waals surface area (Å²) in [6.07, 6.45) is 4.13. The summed E-state index contributed by atoms with van der Waals surface area (Å²) in [5, 5.41) is 0. The first-order chi connectivity index (χ1) is 10.1. The standard InChI is InChI=1S/C18H18BrNS/c1-18(12-15-6-2-3-7-16(15)13-20-18)21-10-9-14-5-4-8-17(19)11-14/h2-8,11,13H,9-10,12H2,1H3. The molecule has 0 amide bonds. The summed E-state index contributed by atoms with van der Waals surface area (Å²) in [7, 11) is 0. The number of benzene rings is 2. The normalized spacial score (nSPS) is 20.3. The predicted molar refractivity (Wildman–Crippen MR) is 96.4 cm³/mol. The molecule has 0 N–H and O–H groups in total. The zero-order valence-corrected chi connectivity index (χ0v) is 14.5. The van der Waals surface area contributed by atoms with E-state index in [9.17, 15) is 0 Å². The number of aliphatic imine (C=N–C) groups is 1. The Morgan fingerprint density at radius 3 is 2.90 bits per heavy atom. The summed E-state index contributed by atoms with van der Waals surface area (Å²) in [5.41, 5.74) is 4.05. The Morgan fingerprint density at radius 1 is 1.19 bits per heavy atom. The van der Waals surface area contributed by atoms with Gasteiger partial charge in [-0.05, 0) is 47.9 Å². The van der Waals surface area contributed by atoms with Crippen LogP contribution in [-0.2, 0) is 12.8 Å². The third kappa shape index (κ3) is 3.78. The van der Waals surface area contributed by atoms with Crippen molar-refractivity contribution in [3.8, 4) is 0 Å². The minimum atomic E-state index is -0.0274. The molecule has 1 aliphatic rings. The molecule has 2 aromatic carbocycles. The first-order valence-corrected chi connectivity index (χ1v) is 8.94. The Kier molecular flexibility index (Phi) is 4.51. The van der Waals surface area contributed by atoms with Crippen LogP contribution in [0.1, 0.15) is 23.6 Å². The number of fused-ring (bicyclic) bond motifs is 1. The smallest absolute Gasteiger partial charge is 0.107 e. The van der Waals surface area contributed by atoms with Crippen molar-refractivity contribution in [1.82, 2.24) is 0 Å². The summed E-state index contributed by atoms with van der Waals surface area (Å²) in [6.45, 7) is 2.24. The highest BCUT2D eigenvalue weighted by Crippen LogP contribution is 2.34. The Hall–Kier alpha value is -1.06. The summed E-state index contributed by atoms with van der Waals surface area (Å²) in [4.78, 5) is 4.75. The molecule has 0 fully saturated rings. The van der Waals surface area contributed by atoms with Gasteiger partial charge in [-0.15, -0.1) is 11.8 Å². The molecule has 0 bridgehead atoms. The lowest BCUT2D eigenvalue weighted by Gasteiger charge is -2.29. The maximum absolute atomic E-state index is 4.78. The fourth-order valence-electron chi connectivity index (χ4n) is 2.60. The first-order valence-electron chi connectivity index (χ1n) is 7.16. The van der Waals surface area contributed by atoms with Crippen LogP contribution in [0.3, 0.4) is 0 Å². The molecule has 0 saturated heterocycles. The van der Waals surface area contributed by atoms with Crippen molar-refractivity contribution in [2.75, 3.05) is 5.75 Å². The van der Waals surface area contributed by atoms with Gasteiger partial charge in [0.05, 0.1) is 0 Å². The van der Waals surface area contributed by atoms with Gasteiger partial charge in [-0.25, -0.2) is 0 Å². The molecule has 21 heavy (non-hydrogen) atoms. The van der Waals surface area contributed by atoms with E-state index in [1.807, 2.05) is 18.0 Å². The molecule has 1 unspecified atom stereocenters. The number of hydrogen-bond acceptors (Lipinski definition) is 2. The summed E-state index contributed by atoms with van der Waals surface area (Å²) in [5.74, 6) is 1.09. The summed E-state index contributed by atoms with van der Waals surface area (Å²) >= 11 is 5.48. The van der Waals surface area contributed by atoms with E-state index in [2.05, 4.69) is 71.4 Å². The fourth-order valence-corrected chi connectivity index (χ4v) is 4.20. The van der Waals surface area contributed by atoms with E-state index in [1.165, 1.54) is 16.7 Å². The second-order valence-electron chi connectivity index (χ2n) is 5.54.